The Labute approximate surface area is 719 Å². The van der Waals surface area contributed by atoms with Crippen molar-refractivity contribution >= 4 is 65.0 Å². The van der Waals surface area contributed by atoms with Crippen molar-refractivity contribution in [3.8, 4) is 0 Å². The van der Waals surface area contributed by atoms with E-state index in [-0.39, 0.29) is 178 Å². The molecule has 0 aromatic carbocycles. The molecule has 123 heavy (non-hydrogen) atoms. The first kappa shape index (κ1) is 107. The van der Waals surface area contributed by atoms with Crippen LogP contribution in [0.3, 0.4) is 0 Å². The Morgan fingerprint density at radius 2 is 0.667 bits per heavy atom. The molecule has 5 heterocycles. The Morgan fingerprint density at radius 3 is 1.02 bits per heavy atom. The number of carbonyl (C=O) groups is 11. The summed E-state index contributed by atoms with van der Waals surface area (Å²) >= 11 is 0. The molecule has 5 aliphatic heterocycles. The zero-order valence-electron chi connectivity index (χ0n) is 71.9. The third-order valence-corrected chi connectivity index (χ3v) is 21.7. The zero-order chi connectivity index (χ0) is 90.0. The number of unbranched alkanes of at least 4 members (excludes halogenated alkanes) is 10. The summed E-state index contributed by atoms with van der Waals surface area (Å²) in [6.45, 7) is 5.13. The highest BCUT2D eigenvalue weighted by Gasteiger charge is 2.49. The number of β-amino-alcohol motifs (C(OH)–C–C–N with tert-alkyl or cyclic N) is 1. The van der Waals surface area contributed by atoms with Crippen molar-refractivity contribution in [3.63, 3.8) is 0 Å². The summed E-state index contributed by atoms with van der Waals surface area (Å²) in [6, 6.07) is -3.21. The molecular weight excluding hydrogens is 1620 g/mol. The summed E-state index contributed by atoms with van der Waals surface area (Å²) in [4.78, 5) is 142. The molecular formula is C81H143N11O31. The van der Waals surface area contributed by atoms with E-state index in [1.165, 1.54) is 20.8 Å². The number of hydrogen-bond donors (Lipinski definition) is 20. The largest absolute Gasteiger partial charge is 0.394 e. The van der Waals surface area contributed by atoms with Crippen LogP contribution in [0.5, 0.6) is 0 Å². The minimum Gasteiger partial charge on any atom is -0.394 e. The van der Waals surface area contributed by atoms with Crippen molar-refractivity contribution in [2.24, 2.45) is 0 Å². The second-order valence-electron chi connectivity index (χ2n) is 31.8. The Bertz CT molecular complexity index is 3110. The van der Waals surface area contributed by atoms with Gasteiger partial charge in [0, 0.05) is 150 Å². The summed E-state index contributed by atoms with van der Waals surface area (Å²) in [5.74, 6) is -3.57. The number of hydrogen-bond acceptors (Lipinski definition) is 31. The molecule has 708 valence electrons. The number of rotatable bonds is 62. The number of nitrogens with one attached hydrogen (secondary N) is 10. The maximum atomic E-state index is 13.5. The monoisotopic (exact) mass is 1770 g/mol. The van der Waals surface area contributed by atoms with Crippen LogP contribution in [0.1, 0.15) is 201 Å². The average molecular weight is 1770 g/mol. The highest BCUT2D eigenvalue weighted by Crippen LogP contribution is 2.29. The smallest absolute Gasteiger partial charge is 0.222 e. The predicted octanol–water partition coefficient (Wildman–Crippen LogP) is -4.64. The van der Waals surface area contributed by atoms with Crippen LogP contribution in [-0.4, -0.2) is 368 Å². The third kappa shape index (κ3) is 40.9. The first-order valence-electron chi connectivity index (χ1n) is 43.9. The highest BCUT2D eigenvalue weighted by atomic mass is 16.7. The summed E-state index contributed by atoms with van der Waals surface area (Å²) < 4.78 is 59.6. The summed E-state index contributed by atoms with van der Waals surface area (Å²) in [5, 5.41) is 129. The molecule has 0 unspecified atom stereocenters. The van der Waals surface area contributed by atoms with Crippen LogP contribution in [0.25, 0.3) is 0 Å². The Hall–Kier alpha value is -6.63. The molecule has 42 nitrogen and oxygen atoms in total. The number of carbonyl (C=O) groups excluding carboxylic acids is 11. The first-order valence-corrected chi connectivity index (χ1v) is 43.9. The molecule has 0 radical (unpaired) electrons. The van der Waals surface area contributed by atoms with Gasteiger partial charge in [-0.1, -0.05) is 45.4 Å². The molecule has 5 aliphatic rings. The van der Waals surface area contributed by atoms with E-state index in [4.69, 9.17) is 47.4 Å². The lowest BCUT2D eigenvalue weighted by atomic mass is 9.97. The van der Waals surface area contributed by atoms with Crippen molar-refractivity contribution in [1.29, 1.82) is 0 Å². The Balaban J connectivity index is 1.13. The molecule has 0 spiro atoms. The van der Waals surface area contributed by atoms with Gasteiger partial charge in [-0.05, 0) is 83.5 Å². The molecule has 5 saturated heterocycles. The summed E-state index contributed by atoms with van der Waals surface area (Å²) in [6.07, 6.45) is -7.45. The van der Waals surface area contributed by atoms with Crippen molar-refractivity contribution in [2.45, 2.75) is 330 Å². The van der Waals surface area contributed by atoms with E-state index >= 15 is 0 Å². The normalized spacial score (nSPS) is 27.6. The predicted molar refractivity (Wildman–Crippen MR) is 436 cm³/mol. The molecule has 0 saturated carbocycles. The topological polar surface area (TPSA) is 606 Å². The second-order valence-corrected chi connectivity index (χ2v) is 31.8. The molecule has 5 fully saturated rings. The molecule has 0 aliphatic carbocycles. The van der Waals surface area contributed by atoms with Gasteiger partial charge < -0.3 is 157 Å². The number of aliphatic hydroxyl groups excluding tert-OH is 10. The lowest BCUT2D eigenvalue weighted by Crippen LogP contribution is -2.64. The quantitative estimate of drug-likeness (QED) is 0.0255. The van der Waals surface area contributed by atoms with Gasteiger partial charge >= 0.3 is 0 Å². The van der Waals surface area contributed by atoms with Gasteiger partial charge in [0.25, 0.3) is 0 Å². The molecule has 0 aromatic rings. The van der Waals surface area contributed by atoms with Crippen LogP contribution in [0, 0.1) is 0 Å². The maximum absolute atomic E-state index is 13.5. The minimum atomic E-state index is -1.47. The van der Waals surface area contributed by atoms with Crippen LogP contribution < -0.4 is 53.2 Å². The first-order chi connectivity index (χ1) is 59.1. The standard InChI is InChI=1S/C81H143N11O31/c1-5-53-43-54(99)45-92(53)67(107)27-13-11-9-7-6-8-10-12-23-63(103)88-44-55-77(115-41-29-65(105)86-35-21-32-83-61(101)25-15-18-38-118-80-69(90-51(3)97)75(112)72(109)57(47-94)122-80)78(116-42-30-66(106)87-36-22-33-84-62(102)26-16-19-39-119-81-70(91-52(4)98)76(113)73(110)58(48-95)123-81)59(49-120-55)114-40-28-64(104)85-34-20-31-82-60(100)24-14-17-37-117-79-68(89-50(2)96)74(111)71(108)56(46-93)121-79/h53-59,68-81,93-95,99,108-113H,5-49H2,1-4H3,(H,82,100)(H,83,101)(H,84,102)(H,85,104)(H,86,105)(H,87,106)(H,88,103)(H,89,96)(H,90,97)(H,91,98)/t53-,54-,55-,56-,57-,58-,59+,68-,69-,70-,71+,72+,73+,74-,75-,76-,77-,78-,79-,80-,81-/m1/s1. The van der Waals surface area contributed by atoms with E-state index in [0.717, 1.165) is 51.4 Å². The highest BCUT2D eigenvalue weighted by molar-refractivity contribution is 5.79. The van der Waals surface area contributed by atoms with Gasteiger partial charge in [0.2, 0.25) is 65.0 Å². The Morgan fingerprint density at radius 1 is 0.350 bits per heavy atom. The summed E-state index contributed by atoms with van der Waals surface area (Å²) in [7, 11) is 0. The lowest BCUT2D eigenvalue weighted by Gasteiger charge is -2.42. The van der Waals surface area contributed by atoms with Crippen molar-refractivity contribution in [2.75, 3.05) is 118 Å². The molecule has 5 rings (SSSR count). The van der Waals surface area contributed by atoms with Crippen LogP contribution in [0.15, 0.2) is 0 Å². The van der Waals surface area contributed by atoms with Gasteiger partial charge in [0.1, 0.15) is 97.5 Å². The van der Waals surface area contributed by atoms with E-state index in [9.17, 15) is 104 Å². The number of amides is 11. The number of likely N-dealkylation sites (tertiary alicyclic amines) is 1. The zero-order valence-corrected chi connectivity index (χ0v) is 71.9. The van der Waals surface area contributed by atoms with Crippen LogP contribution in [-0.2, 0) is 100 Å². The molecule has 21 atom stereocenters. The van der Waals surface area contributed by atoms with E-state index in [1.807, 2.05) is 11.8 Å². The van der Waals surface area contributed by atoms with Crippen LogP contribution in [0.4, 0.5) is 0 Å². The minimum absolute atomic E-state index is 0.0451. The molecule has 11 amide bonds. The van der Waals surface area contributed by atoms with Crippen molar-refractivity contribution in [1.82, 2.24) is 58.1 Å². The van der Waals surface area contributed by atoms with E-state index in [0.29, 0.717) is 83.6 Å². The van der Waals surface area contributed by atoms with Gasteiger partial charge in [0.05, 0.1) is 52.4 Å². The van der Waals surface area contributed by atoms with Gasteiger partial charge in [0.15, 0.2) is 18.9 Å². The fourth-order valence-electron chi connectivity index (χ4n) is 14.8. The fraction of sp³-hybridized carbons (Fsp3) is 0.864. The van der Waals surface area contributed by atoms with Crippen LogP contribution >= 0.6 is 0 Å². The van der Waals surface area contributed by atoms with E-state index in [2.05, 4.69) is 53.2 Å². The van der Waals surface area contributed by atoms with Gasteiger partial charge in [-0.25, -0.2) is 0 Å². The third-order valence-electron chi connectivity index (χ3n) is 21.7. The van der Waals surface area contributed by atoms with E-state index in [1.54, 1.807) is 0 Å². The average Bonchev–Trinajstić information content (AvgIpc) is 0.858. The maximum Gasteiger partial charge on any atom is 0.222 e. The number of aliphatic hydroxyl groups is 10. The number of nitrogens with zero attached hydrogens (tertiary/aromatic N) is 1. The molecule has 42 heteroatoms. The molecule has 0 aromatic heterocycles. The lowest BCUT2D eigenvalue weighted by molar-refractivity contribution is -0.270. The van der Waals surface area contributed by atoms with Crippen LogP contribution in [0.2, 0.25) is 0 Å². The van der Waals surface area contributed by atoms with E-state index < -0.39 is 172 Å². The Kier molecular flexibility index (Phi) is 53.0. The summed E-state index contributed by atoms with van der Waals surface area (Å²) in [5.41, 5.74) is 0. The SMILES string of the molecule is CC[C@@H]1C[C@@H](O)CN1C(=O)CCCCCCCCCCC(=O)NC[C@H]1OC[C@H](OCCC(=O)NCCCNC(=O)CCCCO[C@@H]2O[C@H](CO)[C@H](O)[C@H](O)[C@H]2NC(C)=O)[C@@H](OCCC(=O)NCCCNC(=O)CCCCO[C@@H]2O[C@H](CO)[C@H](O)[C@H](O)[C@H]2NC(C)=O)[C@@H]1OCCC(=O)NCCCNC(=O)CCCCO[C@@H]1O[C@H](CO)[C@H](O)[C@H](O)[C@H]1NC(C)=O. The van der Waals surface area contributed by atoms with Gasteiger partial charge in [-0.3, -0.25) is 52.7 Å². The molecule has 0 bridgehead atoms. The van der Waals surface area contributed by atoms with Crippen molar-refractivity contribution in [3.05, 3.63) is 0 Å². The fourth-order valence-corrected chi connectivity index (χ4v) is 14.8. The van der Waals surface area contributed by atoms with Gasteiger partial charge in [-0.15, -0.1) is 0 Å². The molecule has 20 N–H and O–H groups in total. The van der Waals surface area contributed by atoms with Crippen molar-refractivity contribution < 1.29 is 151 Å². The second kappa shape index (κ2) is 60.9. The number of ether oxygens (including phenoxy) is 10. The van der Waals surface area contributed by atoms with Gasteiger partial charge in [-0.2, -0.15) is 0 Å².